The summed E-state index contributed by atoms with van der Waals surface area (Å²) in [6.07, 6.45) is 0. The number of amides is 2. The van der Waals surface area contributed by atoms with Gasteiger partial charge in [-0.3, -0.25) is 14.7 Å². The Morgan fingerprint density at radius 1 is 1.41 bits per heavy atom. The van der Waals surface area contributed by atoms with E-state index in [-0.39, 0.29) is 11.8 Å². The minimum absolute atomic E-state index is 0.195. The molecule has 0 saturated carbocycles. The predicted octanol–water partition coefficient (Wildman–Crippen LogP) is 0.281. The van der Waals surface area contributed by atoms with Crippen LogP contribution < -0.4 is 10.6 Å². The van der Waals surface area contributed by atoms with Gasteiger partial charge < -0.3 is 10.6 Å². The van der Waals surface area contributed by atoms with Crippen LogP contribution in [-0.4, -0.2) is 34.6 Å². The molecule has 0 spiro atoms. The van der Waals surface area contributed by atoms with E-state index in [1.165, 1.54) is 0 Å². The summed E-state index contributed by atoms with van der Waals surface area (Å²) in [5, 5.41) is 12.0. The second kappa shape index (κ2) is 5.47. The highest BCUT2D eigenvalue weighted by Crippen LogP contribution is 2.08. The summed E-state index contributed by atoms with van der Waals surface area (Å²) in [6.45, 7) is 7.54. The van der Waals surface area contributed by atoms with Crippen LogP contribution in [0.3, 0.4) is 0 Å². The fraction of sp³-hybridized carbons (Fsp3) is 0.545. The molecule has 1 heterocycles. The molecule has 1 aromatic heterocycles. The number of aryl methyl sites for hydroxylation is 2. The van der Waals surface area contributed by atoms with Crippen LogP contribution in [0.15, 0.2) is 0 Å². The van der Waals surface area contributed by atoms with Crippen LogP contribution in [-0.2, 0) is 4.79 Å². The average Bonchev–Trinajstić information content (AvgIpc) is 2.58. The standard InChI is InChI=1S/C11H18N4O2/c1-5-12-10(16)8(4)13-11(17)9-6(2)14-15-7(9)3/h8H,5H2,1-4H3,(H,12,16)(H,13,17)(H,14,15). The molecule has 0 fully saturated rings. The van der Waals surface area contributed by atoms with Gasteiger partial charge in [-0.2, -0.15) is 5.10 Å². The number of H-pyrrole nitrogens is 1. The molecule has 0 bridgehead atoms. The topological polar surface area (TPSA) is 86.9 Å². The fourth-order valence-corrected chi connectivity index (χ4v) is 1.55. The third-order valence-electron chi connectivity index (χ3n) is 2.45. The third-order valence-corrected chi connectivity index (χ3v) is 2.45. The third kappa shape index (κ3) is 3.05. The molecule has 1 unspecified atom stereocenters. The van der Waals surface area contributed by atoms with Crippen molar-refractivity contribution >= 4 is 11.8 Å². The smallest absolute Gasteiger partial charge is 0.255 e. The molecule has 0 radical (unpaired) electrons. The molecule has 1 aromatic rings. The summed E-state index contributed by atoms with van der Waals surface area (Å²) >= 11 is 0. The molecule has 0 aliphatic rings. The number of carbonyl (C=O) groups is 2. The molecule has 17 heavy (non-hydrogen) atoms. The summed E-state index contributed by atoms with van der Waals surface area (Å²) in [5.74, 6) is -0.479. The highest BCUT2D eigenvalue weighted by molar-refractivity contribution is 5.99. The van der Waals surface area contributed by atoms with E-state index in [9.17, 15) is 9.59 Å². The van der Waals surface area contributed by atoms with E-state index in [1.807, 2.05) is 6.92 Å². The summed E-state index contributed by atoms with van der Waals surface area (Å²) in [7, 11) is 0. The maximum Gasteiger partial charge on any atom is 0.255 e. The van der Waals surface area contributed by atoms with Gasteiger partial charge in [0.1, 0.15) is 6.04 Å². The van der Waals surface area contributed by atoms with Crippen LogP contribution in [0.5, 0.6) is 0 Å². The summed E-state index contributed by atoms with van der Waals surface area (Å²) in [6, 6.07) is -0.559. The van der Waals surface area contributed by atoms with E-state index < -0.39 is 6.04 Å². The summed E-state index contributed by atoms with van der Waals surface area (Å²) in [4.78, 5) is 23.4. The lowest BCUT2D eigenvalue weighted by Crippen LogP contribution is -2.44. The number of aromatic amines is 1. The second-order valence-electron chi connectivity index (χ2n) is 3.90. The number of aromatic nitrogens is 2. The molecule has 0 aliphatic carbocycles. The van der Waals surface area contributed by atoms with Crippen molar-refractivity contribution in [2.45, 2.75) is 33.7 Å². The van der Waals surface area contributed by atoms with Crippen molar-refractivity contribution in [2.24, 2.45) is 0 Å². The van der Waals surface area contributed by atoms with Crippen LogP contribution in [0, 0.1) is 13.8 Å². The Labute approximate surface area is 100 Å². The number of hydrogen-bond donors (Lipinski definition) is 3. The molecule has 2 amide bonds. The van der Waals surface area contributed by atoms with Crippen LogP contribution in [0.25, 0.3) is 0 Å². The van der Waals surface area contributed by atoms with Crippen molar-refractivity contribution in [3.63, 3.8) is 0 Å². The maximum absolute atomic E-state index is 11.9. The highest BCUT2D eigenvalue weighted by atomic mass is 16.2. The van der Waals surface area contributed by atoms with Crippen LogP contribution in [0.4, 0.5) is 0 Å². The predicted molar refractivity (Wildman–Crippen MR) is 63.7 cm³/mol. The quantitative estimate of drug-likeness (QED) is 0.704. The van der Waals surface area contributed by atoms with E-state index in [4.69, 9.17) is 0 Å². The van der Waals surface area contributed by atoms with Crippen LogP contribution in [0.2, 0.25) is 0 Å². The Bertz CT molecular complexity index is 406. The number of hydrogen-bond acceptors (Lipinski definition) is 3. The van der Waals surface area contributed by atoms with E-state index in [1.54, 1.807) is 20.8 Å². The van der Waals surface area contributed by atoms with Gasteiger partial charge in [-0.05, 0) is 27.7 Å². The Balaban J connectivity index is 2.70. The van der Waals surface area contributed by atoms with Crippen molar-refractivity contribution in [1.29, 1.82) is 0 Å². The summed E-state index contributed by atoms with van der Waals surface area (Å²) in [5.41, 5.74) is 1.83. The number of likely N-dealkylation sites (N-methyl/N-ethyl adjacent to an activating group) is 1. The molecule has 0 aliphatic heterocycles. The largest absolute Gasteiger partial charge is 0.355 e. The van der Waals surface area contributed by atoms with Crippen LogP contribution in [0.1, 0.15) is 35.6 Å². The van der Waals surface area contributed by atoms with Gasteiger partial charge in [0.2, 0.25) is 5.91 Å². The van der Waals surface area contributed by atoms with Crippen molar-refractivity contribution in [2.75, 3.05) is 6.54 Å². The Morgan fingerprint density at radius 2 is 2.06 bits per heavy atom. The number of carbonyl (C=O) groups excluding carboxylic acids is 2. The van der Waals surface area contributed by atoms with Gasteiger partial charge in [-0.25, -0.2) is 0 Å². The minimum atomic E-state index is -0.559. The SMILES string of the molecule is CCNC(=O)C(C)NC(=O)c1c(C)n[nH]c1C. The van der Waals surface area contributed by atoms with Crippen LogP contribution >= 0.6 is 0 Å². The number of rotatable bonds is 4. The molecule has 6 nitrogen and oxygen atoms in total. The van der Waals surface area contributed by atoms with Gasteiger partial charge >= 0.3 is 0 Å². The first-order chi connectivity index (χ1) is 7.97. The molecule has 1 atom stereocenters. The first kappa shape index (κ1) is 13.2. The molecule has 6 heteroatoms. The van der Waals surface area contributed by atoms with Gasteiger partial charge in [-0.15, -0.1) is 0 Å². The lowest BCUT2D eigenvalue weighted by atomic mass is 10.1. The zero-order valence-corrected chi connectivity index (χ0v) is 10.5. The van der Waals surface area contributed by atoms with Crippen molar-refractivity contribution in [3.8, 4) is 0 Å². The van der Waals surface area contributed by atoms with Crippen molar-refractivity contribution < 1.29 is 9.59 Å². The zero-order chi connectivity index (χ0) is 13.0. The Morgan fingerprint density at radius 3 is 2.53 bits per heavy atom. The number of nitrogens with one attached hydrogen (secondary N) is 3. The second-order valence-corrected chi connectivity index (χ2v) is 3.90. The molecule has 94 valence electrons. The van der Waals surface area contributed by atoms with Gasteiger partial charge in [0.05, 0.1) is 11.3 Å². The lowest BCUT2D eigenvalue weighted by Gasteiger charge is -2.13. The Kier molecular flexibility index (Phi) is 4.25. The minimum Gasteiger partial charge on any atom is -0.355 e. The van der Waals surface area contributed by atoms with Crippen molar-refractivity contribution in [3.05, 3.63) is 17.0 Å². The Hall–Kier alpha value is -1.85. The monoisotopic (exact) mass is 238 g/mol. The van der Waals surface area contributed by atoms with Gasteiger partial charge in [0, 0.05) is 12.2 Å². The average molecular weight is 238 g/mol. The van der Waals surface area contributed by atoms with Gasteiger partial charge in [0.15, 0.2) is 0 Å². The number of nitrogens with zero attached hydrogens (tertiary/aromatic N) is 1. The molecule has 1 rings (SSSR count). The molecular formula is C11H18N4O2. The lowest BCUT2D eigenvalue weighted by molar-refractivity contribution is -0.122. The molecular weight excluding hydrogens is 220 g/mol. The van der Waals surface area contributed by atoms with E-state index in [2.05, 4.69) is 20.8 Å². The highest BCUT2D eigenvalue weighted by Gasteiger charge is 2.20. The van der Waals surface area contributed by atoms with E-state index in [0.717, 1.165) is 0 Å². The van der Waals surface area contributed by atoms with Crippen molar-refractivity contribution in [1.82, 2.24) is 20.8 Å². The van der Waals surface area contributed by atoms with Gasteiger partial charge in [0.25, 0.3) is 5.91 Å². The molecule has 0 aromatic carbocycles. The first-order valence-corrected chi connectivity index (χ1v) is 5.57. The van der Waals surface area contributed by atoms with E-state index in [0.29, 0.717) is 23.5 Å². The van der Waals surface area contributed by atoms with Gasteiger partial charge in [-0.1, -0.05) is 0 Å². The molecule has 3 N–H and O–H groups in total. The molecule has 0 saturated heterocycles. The first-order valence-electron chi connectivity index (χ1n) is 5.57. The zero-order valence-electron chi connectivity index (χ0n) is 10.5. The maximum atomic E-state index is 11.9. The van der Waals surface area contributed by atoms with E-state index >= 15 is 0 Å². The normalized spacial score (nSPS) is 12.0. The fourth-order valence-electron chi connectivity index (χ4n) is 1.55. The summed E-state index contributed by atoms with van der Waals surface area (Å²) < 4.78 is 0.